The van der Waals surface area contributed by atoms with E-state index in [2.05, 4.69) is 61.0 Å². The monoisotopic (exact) mass is 554 g/mol. The predicted molar refractivity (Wildman–Crippen MR) is 159 cm³/mol. The summed E-state index contributed by atoms with van der Waals surface area (Å²) in [4.78, 5) is 21.0. The quantitative estimate of drug-likeness (QED) is 0.376. The van der Waals surface area contributed by atoms with Crippen molar-refractivity contribution in [3.8, 4) is 22.9 Å². The molecule has 5 heterocycles. The summed E-state index contributed by atoms with van der Waals surface area (Å²) in [6.45, 7) is 13.3. The second kappa shape index (κ2) is 9.72. The first-order chi connectivity index (χ1) is 19.0. The molecule has 40 heavy (non-hydrogen) atoms. The first-order valence-electron chi connectivity index (χ1n) is 13.7. The van der Waals surface area contributed by atoms with Gasteiger partial charge in [0.1, 0.15) is 12.4 Å². The fraction of sp³-hybridized carbons (Fsp3) is 0.419. The van der Waals surface area contributed by atoms with E-state index in [1.165, 1.54) is 4.68 Å². The lowest BCUT2D eigenvalue weighted by atomic mass is 9.89. The number of benzene rings is 1. The van der Waals surface area contributed by atoms with Gasteiger partial charge in [0.2, 0.25) is 0 Å². The van der Waals surface area contributed by atoms with Crippen LogP contribution in [0.1, 0.15) is 57.0 Å². The zero-order valence-electron chi connectivity index (χ0n) is 23.6. The van der Waals surface area contributed by atoms with Crippen molar-refractivity contribution in [3.05, 3.63) is 69.1 Å². The highest BCUT2D eigenvalue weighted by Gasteiger charge is 2.37. The molecule has 1 fully saturated rings. The molecule has 1 saturated heterocycles. The number of rotatable bonds is 4. The Hall–Kier alpha value is -3.74. The minimum Gasteiger partial charge on any atom is -0.489 e. The maximum atomic E-state index is 12.9. The van der Waals surface area contributed by atoms with E-state index in [9.17, 15) is 10.1 Å². The third-order valence-electron chi connectivity index (χ3n) is 7.88. The molecular formula is C31H34N6O2S. The summed E-state index contributed by atoms with van der Waals surface area (Å²) in [5.41, 5.74) is 5.19. The third-order valence-corrected chi connectivity index (χ3v) is 9.02. The molecule has 206 valence electrons. The zero-order valence-corrected chi connectivity index (χ0v) is 24.4. The van der Waals surface area contributed by atoms with Crippen molar-refractivity contribution in [2.45, 2.75) is 64.6 Å². The van der Waals surface area contributed by atoms with E-state index in [1.807, 2.05) is 30.5 Å². The number of ether oxygens (including phenoxy) is 1. The van der Waals surface area contributed by atoms with Crippen LogP contribution in [0.15, 0.2) is 47.5 Å². The Morgan fingerprint density at radius 2 is 2.05 bits per heavy atom. The number of thiophene rings is 1. The molecule has 1 aromatic carbocycles. The summed E-state index contributed by atoms with van der Waals surface area (Å²) < 4.78 is 8.66. The molecule has 1 N–H and O–H groups in total. The molecule has 0 radical (unpaired) electrons. The van der Waals surface area contributed by atoms with Crippen molar-refractivity contribution in [3.63, 3.8) is 0 Å². The van der Waals surface area contributed by atoms with Gasteiger partial charge in [-0.3, -0.25) is 9.78 Å². The summed E-state index contributed by atoms with van der Waals surface area (Å²) in [6, 6.07) is 12.2. The zero-order chi connectivity index (χ0) is 28.2. The van der Waals surface area contributed by atoms with Gasteiger partial charge in [0.05, 0.1) is 46.8 Å². The van der Waals surface area contributed by atoms with Gasteiger partial charge in [-0.2, -0.15) is 10.4 Å². The molecule has 2 aliphatic rings. The lowest BCUT2D eigenvalue weighted by Gasteiger charge is -2.37. The van der Waals surface area contributed by atoms with Crippen LogP contribution in [0.5, 0.6) is 5.75 Å². The van der Waals surface area contributed by atoms with E-state index in [0.29, 0.717) is 24.8 Å². The van der Waals surface area contributed by atoms with E-state index < -0.39 is 0 Å². The maximum absolute atomic E-state index is 12.9. The first kappa shape index (κ1) is 26.5. The summed E-state index contributed by atoms with van der Waals surface area (Å²) in [6.07, 6.45) is 4.62. The fourth-order valence-electron chi connectivity index (χ4n) is 5.75. The summed E-state index contributed by atoms with van der Waals surface area (Å²) in [7, 11) is 0. The molecule has 0 amide bonds. The number of nitrogens with one attached hydrogen (secondary N) is 1. The van der Waals surface area contributed by atoms with Gasteiger partial charge in [-0.1, -0.05) is 20.8 Å². The second-order valence-corrected chi connectivity index (χ2v) is 13.6. The van der Waals surface area contributed by atoms with E-state index in [4.69, 9.17) is 4.74 Å². The van der Waals surface area contributed by atoms with Gasteiger partial charge in [-0.15, -0.1) is 11.3 Å². The van der Waals surface area contributed by atoms with Crippen molar-refractivity contribution >= 4 is 27.2 Å². The Labute approximate surface area is 238 Å². The van der Waals surface area contributed by atoms with Gasteiger partial charge >= 0.3 is 0 Å². The molecule has 4 aromatic rings. The molecule has 2 aliphatic heterocycles. The number of pyridine rings is 1. The van der Waals surface area contributed by atoms with Crippen LogP contribution in [0.25, 0.3) is 21.3 Å². The molecule has 1 unspecified atom stereocenters. The van der Waals surface area contributed by atoms with Crippen molar-refractivity contribution < 1.29 is 4.74 Å². The standard InChI is InChI=1S/C31H34N6O2S/c1-30(2,3)20-12-27(38)37(35-16-20)18-22-13-25-29(40-22)23(6-7-33-25)24-10-19(15-32)11-26-28(24)36(8-9-39-26)21-14-31(4,5)34-17-21/h6-7,10-13,16,21,34H,8-9,14,17-18H2,1-5H3. The van der Waals surface area contributed by atoms with E-state index in [1.54, 1.807) is 23.6 Å². The Morgan fingerprint density at radius 3 is 2.75 bits per heavy atom. The van der Waals surface area contributed by atoms with Crippen LogP contribution in [0.2, 0.25) is 0 Å². The molecule has 0 aliphatic carbocycles. The van der Waals surface area contributed by atoms with Crippen LogP contribution in [-0.2, 0) is 12.0 Å². The summed E-state index contributed by atoms with van der Waals surface area (Å²) >= 11 is 1.61. The average Bonchev–Trinajstić information content (AvgIpc) is 3.50. The van der Waals surface area contributed by atoms with Crippen LogP contribution >= 0.6 is 11.3 Å². The Bertz CT molecular complexity index is 1710. The minimum atomic E-state index is -0.138. The number of anilines is 1. The molecule has 0 saturated carbocycles. The lowest BCUT2D eigenvalue weighted by Crippen LogP contribution is -2.42. The highest BCUT2D eigenvalue weighted by Crippen LogP contribution is 2.46. The van der Waals surface area contributed by atoms with Crippen LogP contribution in [0, 0.1) is 11.3 Å². The number of fused-ring (bicyclic) bond motifs is 2. The Morgan fingerprint density at radius 1 is 1.23 bits per heavy atom. The van der Waals surface area contributed by atoms with E-state index in [-0.39, 0.29) is 16.5 Å². The van der Waals surface area contributed by atoms with Crippen molar-refractivity contribution in [2.24, 2.45) is 0 Å². The lowest BCUT2D eigenvalue weighted by molar-refractivity contribution is 0.300. The highest BCUT2D eigenvalue weighted by molar-refractivity contribution is 7.19. The van der Waals surface area contributed by atoms with Crippen molar-refractivity contribution in [2.75, 3.05) is 24.6 Å². The molecule has 0 bridgehead atoms. The van der Waals surface area contributed by atoms with Gasteiger partial charge in [-0.05, 0) is 49.4 Å². The Kier molecular flexibility index (Phi) is 6.43. The SMILES string of the molecule is CC1(C)CC(N2CCOc3cc(C#N)cc(-c4ccnc5cc(Cn6ncc(C(C)(C)C)cc6=O)sc45)c32)CN1. The van der Waals surface area contributed by atoms with Crippen LogP contribution in [0.4, 0.5) is 5.69 Å². The molecule has 6 rings (SSSR count). The van der Waals surface area contributed by atoms with Gasteiger partial charge in [0, 0.05) is 52.5 Å². The maximum Gasteiger partial charge on any atom is 0.267 e. The Balaban J connectivity index is 1.43. The summed E-state index contributed by atoms with van der Waals surface area (Å²) in [5, 5.41) is 18.0. The molecule has 9 heteroatoms. The van der Waals surface area contributed by atoms with Gasteiger partial charge < -0.3 is 15.0 Å². The van der Waals surface area contributed by atoms with Crippen LogP contribution in [0.3, 0.4) is 0 Å². The third kappa shape index (κ3) is 4.87. The summed E-state index contributed by atoms with van der Waals surface area (Å²) in [5.74, 6) is 0.751. The molecule has 0 spiro atoms. The van der Waals surface area contributed by atoms with Crippen molar-refractivity contribution in [1.29, 1.82) is 5.26 Å². The fourth-order valence-corrected chi connectivity index (χ4v) is 6.87. The molecule has 3 aromatic heterocycles. The first-order valence-corrected chi connectivity index (χ1v) is 14.5. The van der Waals surface area contributed by atoms with E-state index in [0.717, 1.165) is 62.7 Å². The van der Waals surface area contributed by atoms with Gasteiger partial charge in [0.15, 0.2) is 0 Å². The molecule has 1 atom stereocenters. The number of aromatic nitrogens is 3. The average molecular weight is 555 g/mol. The number of nitriles is 1. The van der Waals surface area contributed by atoms with Crippen LogP contribution < -0.4 is 20.5 Å². The van der Waals surface area contributed by atoms with Gasteiger partial charge in [0.25, 0.3) is 5.56 Å². The smallest absolute Gasteiger partial charge is 0.267 e. The second-order valence-electron chi connectivity index (χ2n) is 12.4. The molecule has 8 nitrogen and oxygen atoms in total. The van der Waals surface area contributed by atoms with E-state index >= 15 is 0 Å². The number of nitrogens with zero attached hydrogens (tertiary/aromatic N) is 5. The largest absolute Gasteiger partial charge is 0.489 e. The van der Waals surface area contributed by atoms with Crippen molar-refractivity contribution in [1.82, 2.24) is 20.1 Å². The topological polar surface area (TPSA) is 96.1 Å². The minimum absolute atomic E-state index is 0.0691. The number of hydrogen-bond donors (Lipinski definition) is 1. The predicted octanol–water partition coefficient (Wildman–Crippen LogP) is 5.08. The van der Waals surface area contributed by atoms with Gasteiger partial charge in [-0.25, -0.2) is 4.68 Å². The molecular weight excluding hydrogens is 520 g/mol. The highest BCUT2D eigenvalue weighted by atomic mass is 32.1. The normalized spacial score (nSPS) is 18.4. The van der Waals surface area contributed by atoms with Crippen LogP contribution in [-0.4, -0.2) is 46.0 Å². The number of hydrogen-bond acceptors (Lipinski definition) is 8.